The van der Waals surface area contributed by atoms with Crippen molar-refractivity contribution in [2.75, 3.05) is 21.3 Å². The maximum Gasteiger partial charge on any atom is 0.273 e. The Morgan fingerprint density at radius 2 is 1.75 bits per heavy atom. The number of amides is 1. The first kappa shape index (κ1) is 22.1. The van der Waals surface area contributed by atoms with Gasteiger partial charge in [0.25, 0.3) is 11.6 Å². The summed E-state index contributed by atoms with van der Waals surface area (Å²) in [6, 6.07) is 11.4. The normalized spacial score (nSPS) is 11.2. The van der Waals surface area contributed by atoms with Gasteiger partial charge in [-0.1, -0.05) is 0 Å². The number of carbonyl (C=O) groups is 1. The number of nitrogens with one attached hydrogen (secondary N) is 1. The number of hydrogen-bond donors (Lipinski definition) is 1. The number of carbonyl (C=O) groups excluding carboxylic acids is 1. The smallest absolute Gasteiger partial charge is 0.273 e. The van der Waals surface area contributed by atoms with Crippen LogP contribution in [0.15, 0.2) is 48.7 Å². The van der Waals surface area contributed by atoms with Gasteiger partial charge in [0.1, 0.15) is 6.04 Å². The Morgan fingerprint density at radius 3 is 2.25 bits per heavy atom. The maximum atomic E-state index is 12.7. The summed E-state index contributed by atoms with van der Waals surface area (Å²) in [5.74, 6) is 0.479. The number of nitro benzene ring substituents is 1. The molecule has 3 rings (SSSR count). The average Bonchev–Trinajstić information content (AvgIpc) is 3.32. The van der Waals surface area contributed by atoms with E-state index >= 15 is 0 Å². The number of nitrogens with zero attached hydrogens (tertiary/aromatic N) is 4. The second kappa shape index (κ2) is 9.48. The van der Waals surface area contributed by atoms with Gasteiger partial charge >= 0.3 is 0 Å². The summed E-state index contributed by atoms with van der Waals surface area (Å²) in [4.78, 5) is 23.0. The van der Waals surface area contributed by atoms with E-state index in [4.69, 9.17) is 14.2 Å². The average molecular weight is 437 g/mol. The number of rotatable bonds is 8. The Hall–Kier alpha value is -4.59. The third kappa shape index (κ3) is 4.44. The fourth-order valence-corrected chi connectivity index (χ4v) is 2.98. The van der Waals surface area contributed by atoms with Crippen LogP contribution in [0.1, 0.15) is 22.1 Å². The molecule has 1 atom stereocenters. The van der Waals surface area contributed by atoms with Gasteiger partial charge in [0, 0.05) is 18.3 Å². The number of ether oxygens (including phenoxy) is 3. The third-order valence-corrected chi connectivity index (χ3v) is 4.57. The van der Waals surface area contributed by atoms with E-state index in [1.807, 2.05) is 6.07 Å². The van der Waals surface area contributed by atoms with Gasteiger partial charge in [-0.15, -0.1) is 0 Å². The van der Waals surface area contributed by atoms with Crippen LogP contribution in [0.3, 0.4) is 0 Å². The predicted molar refractivity (Wildman–Crippen MR) is 112 cm³/mol. The maximum absolute atomic E-state index is 12.7. The SMILES string of the molecule is COc1cc(C(C#N)NC(=O)c2ccn(-c3ccc([N+](=O)[O-])cc3)n2)cc(OC)c1OC. The van der Waals surface area contributed by atoms with E-state index in [0.29, 0.717) is 28.5 Å². The van der Waals surface area contributed by atoms with E-state index < -0.39 is 16.9 Å². The van der Waals surface area contributed by atoms with Crippen molar-refractivity contribution in [3.63, 3.8) is 0 Å². The Labute approximate surface area is 182 Å². The lowest BCUT2D eigenvalue weighted by Crippen LogP contribution is -2.28. The number of aromatic nitrogens is 2. The fraction of sp³-hybridized carbons (Fsp3) is 0.190. The minimum Gasteiger partial charge on any atom is -0.493 e. The topological polar surface area (TPSA) is 142 Å². The summed E-state index contributed by atoms with van der Waals surface area (Å²) in [5.41, 5.74) is 0.985. The molecular formula is C21H19N5O6. The predicted octanol–water partition coefficient (Wildman–Crippen LogP) is 2.80. The van der Waals surface area contributed by atoms with Gasteiger partial charge < -0.3 is 19.5 Å². The molecule has 0 saturated carbocycles. The van der Waals surface area contributed by atoms with Crippen LogP contribution in [0.2, 0.25) is 0 Å². The van der Waals surface area contributed by atoms with Gasteiger partial charge in [0.15, 0.2) is 17.2 Å². The molecule has 0 aliphatic heterocycles. The van der Waals surface area contributed by atoms with Crippen LogP contribution in [-0.4, -0.2) is 41.9 Å². The Bertz CT molecular complexity index is 1160. The van der Waals surface area contributed by atoms with Crippen LogP contribution in [-0.2, 0) is 0 Å². The van der Waals surface area contributed by atoms with E-state index in [1.165, 1.54) is 62.5 Å². The summed E-state index contributed by atoms with van der Waals surface area (Å²) in [6.07, 6.45) is 1.54. The zero-order valence-corrected chi connectivity index (χ0v) is 17.4. The highest BCUT2D eigenvalue weighted by atomic mass is 16.6. The molecule has 1 N–H and O–H groups in total. The lowest BCUT2D eigenvalue weighted by Gasteiger charge is -2.17. The highest BCUT2D eigenvalue weighted by Gasteiger charge is 2.22. The molecule has 3 aromatic rings. The zero-order valence-electron chi connectivity index (χ0n) is 17.4. The van der Waals surface area contributed by atoms with E-state index in [9.17, 15) is 20.2 Å². The molecule has 0 aliphatic rings. The Morgan fingerprint density at radius 1 is 1.12 bits per heavy atom. The molecule has 0 fully saturated rings. The largest absolute Gasteiger partial charge is 0.493 e. The van der Waals surface area contributed by atoms with Crippen LogP contribution in [0.5, 0.6) is 17.2 Å². The highest BCUT2D eigenvalue weighted by molar-refractivity contribution is 5.92. The van der Waals surface area contributed by atoms with Crippen molar-refractivity contribution >= 4 is 11.6 Å². The quantitative estimate of drug-likeness (QED) is 0.419. The standard InChI is InChI=1S/C21H19N5O6/c1-30-18-10-13(11-19(31-2)20(18)32-3)17(12-22)23-21(27)16-8-9-25(24-16)14-4-6-15(7-5-14)26(28)29/h4-11,17H,1-3H3,(H,23,27). The first-order valence-electron chi connectivity index (χ1n) is 9.22. The van der Waals surface area contributed by atoms with Gasteiger partial charge in [-0.3, -0.25) is 14.9 Å². The van der Waals surface area contributed by atoms with Gasteiger partial charge in [-0.25, -0.2) is 4.68 Å². The van der Waals surface area contributed by atoms with Crippen molar-refractivity contribution in [3.05, 3.63) is 70.0 Å². The second-order valence-corrected chi connectivity index (χ2v) is 6.41. The zero-order chi connectivity index (χ0) is 23.3. The van der Waals surface area contributed by atoms with Crippen molar-refractivity contribution in [3.8, 4) is 29.0 Å². The second-order valence-electron chi connectivity index (χ2n) is 6.41. The number of hydrogen-bond acceptors (Lipinski definition) is 8. The number of nitriles is 1. The number of benzene rings is 2. The molecule has 1 amide bonds. The Kier molecular flexibility index (Phi) is 6.55. The molecule has 1 aromatic heterocycles. The summed E-state index contributed by atoms with van der Waals surface area (Å²) in [5, 5.41) is 27.2. The minimum absolute atomic E-state index is 0.0546. The molecule has 0 bridgehead atoms. The fourth-order valence-electron chi connectivity index (χ4n) is 2.98. The van der Waals surface area contributed by atoms with Crippen LogP contribution in [0, 0.1) is 21.4 Å². The van der Waals surface area contributed by atoms with Gasteiger partial charge in [0.2, 0.25) is 5.75 Å². The molecule has 0 spiro atoms. The summed E-state index contributed by atoms with van der Waals surface area (Å²) >= 11 is 0. The molecule has 2 aromatic carbocycles. The van der Waals surface area contributed by atoms with E-state index in [0.717, 1.165) is 0 Å². The third-order valence-electron chi connectivity index (χ3n) is 4.57. The molecule has 1 unspecified atom stereocenters. The molecular weight excluding hydrogens is 418 g/mol. The van der Waals surface area contributed by atoms with Crippen LogP contribution < -0.4 is 19.5 Å². The highest BCUT2D eigenvalue weighted by Crippen LogP contribution is 2.39. The number of methoxy groups -OCH3 is 3. The van der Waals surface area contributed by atoms with Gasteiger partial charge in [-0.05, 0) is 35.9 Å². The molecule has 0 saturated heterocycles. The van der Waals surface area contributed by atoms with Crippen molar-refractivity contribution in [2.45, 2.75) is 6.04 Å². The van der Waals surface area contributed by atoms with Crippen molar-refractivity contribution in [1.82, 2.24) is 15.1 Å². The summed E-state index contributed by atoms with van der Waals surface area (Å²) in [6.45, 7) is 0. The van der Waals surface area contributed by atoms with Crippen LogP contribution in [0.4, 0.5) is 5.69 Å². The summed E-state index contributed by atoms with van der Waals surface area (Å²) in [7, 11) is 4.36. The van der Waals surface area contributed by atoms with E-state index in [-0.39, 0.29) is 11.4 Å². The van der Waals surface area contributed by atoms with Gasteiger partial charge in [0.05, 0.1) is 38.0 Å². The minimum atomic E-state index is -1.01. The molecule has 0 aliphatic carbocycles. The monoisotopic (exact) mass is 437 g/mol. The first-order valence-corrected chi connectivity index (χ1v) is 9.22. The number of nitro groups is 1. The molecule has 32 heavy (non-hydrogen) atoms. The van der Waals surface area contributed by atoms with Crippen LogP contribution >= 0.6 is 0 Å². The Balaban J connectivity index is 1.82. The van der Waals surface area contributed by atoms with Crippen LogP contribution in [0.25, 0.3) is 5.69 Å². The lowest BCUT2D eigenvalue weighted by atomic mass is 10.1. The number of non-ortho nitro benzene ring substituents is 1. The molecule has 0 radical (unpaired) electrons. The van der Waals surface area contributed by atoms with Crippen molar-refractivity contribution in [2.24, 2.45) is 0 Å². The van der Waals surface area contributed by atoms with E-state index in [2.05, 4.69) is 10.4 Å². The molecule has 11 nitrogen and oxygen atoms in total. The molecule has 11 heteroatoms. The first-order chi connectivity index (χ1) is 15.4. The molecule has 164 valence electrons. The summed E-state index contributed by atoms with van der Waals surface area (Å²) < 4.78 is 17.3. The van der Waals surface area contributed by atoms with Gasteiger partial charge in [-0.2, -0.15) is 10.4 Å². The van der Waals surface area contributed by atoms with Crippen molar-refractivity contribution < 1.29 is 23.9 Å². The van der Waals surface area contributed by atoms with Crippen molar-refractivity contribution in [1.29, 1.82) is 5.26 Å². The lowest BCUT2D eigenvalue weighted by molar-refractivity contribution is -0.384. The van der Waals surface area contributed by atoms with E-state index in [1.54, 1.807) is 12.1 Å². The molecule has 1 heterocycles.